The van der Waals surface area contributed by atoms with Crippen LogP contribution < -0.4 is 0 Å². The van der Waals surface area contributed by atoms with Crippen molar-refractivity contribution in [2.75, 3.05) is 6.61 Å². The Morgan fingerprint density at radius 3 is 1.85 bits per heavy atom. The van der Waals surface area contributed by atoms with E-state index in [-0.39, 0.29) is 41.7 Å². The molecule has 0 bridgehead atoms. The first-order valence-corrected chi connectivity index (χ1v) is 6.31. The van der Waals surface area contributed by atoms with E-state index in [2.05, 4.69) is 0 Å². The third-order valence-electron chi connectivity index (χ3n) is 2.40. The summed E-state index contributed by atoms with van der Waals surface area (Å²) < 4.78 is 4.72. The maximum absolute atomic E-state index is 11.4. The minimum Gasteiger partial charge on any atom is -0.466 e. The Bertz CT molecular complexity index is 261. The van der Waals surface area contributed by atoms with E-state index in [0.29, 0.717) is 12.5 Å². The van der Waals surface area contributed by atoms with Gasteiger partial charge in [-0.05, 0) is 64.7 Å². The van der Waals surface area contributed by atoms with Crippen molar-refractivity contribution in [3.8, 4) is 0 Å². The van der Waals surface area contributed by atoms with Crippen LogP contribution in [0.25, 0.3) is 0 Å². The zero-order valence-electron chi connectivity index (χ0n) is 11.4. The molecule has 10 radical (unpaired) electrons. The molecule has 2 rings (SSSR count). The van der Waals surface area contributed by atoms with Crippen LogP contribution in [0.5, 0.6) is 0 Å². The van der Waals surface area contributed by atoms with Crippen LogP contribution in [0, 0.1) is 63.7 Å². The predicted molar refractivity (Wildman–Crippen MR) is 72.8 cm³/mol. The monoisotopic (exact) mass is 314 g/mol. The van der Waals surface area contributed by atoms with E-state index >= 15 is 0 Å². The van der Waals surface area contributed by atoms with E-state index in [0.717, 1.165) is 0 Å². The number of hydrogen-bond acceptors (Lipinski definition) is 3. The molecular formula is C16H18FeO3+2. The summed E-state index contributed by atoms with van der Waals surface area (Å²) in [6.07, 6.45) is 17.5. The van der Waals surface area contributed by atoms with Gasteiger partial charge >= 0.3 is 23.0 Å². The SMILES string of the molecule is CCOC(=O)CCC(=O)[C]1[CH][CH][CH][CH]1.[CH]1[CH][CH][CH][CH]1.[Fe+2]. The molecule has 2 aliphatic carbocycles. The maximum atomic E-state index is 11.4. The van der Waals surface area contributed by atoms with Gasteiger partial charge in [0.25, 0.3) is 0 Å². The molecule has 0 aliphatic heterocycles. The van der Waals surface area contributed by atoms with Crippen LogP contribution in [0.1, 0.15) is 19.8 Å². The molecular weight excluding hydrogens is 296 g/mol. The Balaban J connectivity index is 0.000000507. The van der Waals surface area contributed by atoms with Gasteiger partial charge in [-0.25, -0.2) is 0 Å². The predicted octanol–water partition coefficient (Wildman–Crippen LogP) is 2.32. The smallest absolute Gasteiger partial charge is 0.466 e. The fourth-order valence-corrected chi connectivity index (χ4v) is 1.47. The van der Waals surface area contributed by atoms with Crippen LogP contribution in [-0.4, -0.2) is 18.4 Å². The summed E-state index contributed by atoms with van der Waals surface area (Å²) in [5.41, 5.74) is 0. The molecule has 0 aromatic heterocycles. The summed E-state index contributed by atoms with van der Waals surface area (Å²) in [6.45, 7) is 2.11. The largest absolute Gasteiger partial charge is 2.00 e. The molecule has 2 fully saturated rings. The standard InChI is InChI=1S/C11H13O3.C5H5.Fe/c1-2-14-11(13)8-7-10(12)9-5-3-4-6-9;1-2-4-5-3-1;/h3-6H,2,7-8H2,1H3;1-5H;/q;;+2. The Labute approximate surface area is 133 Å². The van der Waals surface area contributed by atoms with Crippen molar-refractivity contribution in [1.82, 2.24) is 0 Å². The Hall–Kier alpha value is -0.341. The first kappa shape index (κ1) is 19.7. The summed E-state index contributed by atoms with van der Waals surface area (Å²) in [7, 11) is 0. The quantitative estimate of drug-likeness (QED) is 0.578. The number of esters is 1. The molecule has 20 heavy (non-hydrogen) atoms. The Morgan fingerprint density at radius 1 is 0.900 bits per heavy atom. The number of carbonyl (C=O) groups excluding carboxylic acids is 2. The molecule has 0 N–H and O–H groups in total. The first-order valence-electron chi connectivity index (χ1n) is 6.31. The van der Waals surface area contributed by atoms with E-state index in [1.54, 1.807) is 32.6 Å². The minimum absolute atomic E-state index is 0. The number of ketones is 1. The normalized spacial score (nSPS) is 17.9. The van der Waals surface area contributed by atoms with Crippen LogP contribution in [0.2, 0.25) is 0 Å². The van der Waals surface area contributed by atoms with E-state index < -0.39 is 0 Å². The third kappa shape index (κ3) is 8.76. The second-order valence-corrected chi connectivity index (χ2v) is 3.86. The van der Waals surface area contributed by atoms with Crippen molar-refractivity contribution < 1.29 is 31.4 Å². The second kappa shape index (κ2) is 12.4. The molecule has 0 atom stereocenters. The minimum atomic E-state index is -0.313. The summed E-state index contributed by atoms with van der Waals surface area (Å²) in [4.78, 5) is 22.3. The van der Waals surface area contributed by atoms with Crippen LogP contribution >= 0.6 is 0 Å². The van der Waals surface area contributed by atoms with E-state index in [1.807, 2.05) is 32.1 Å². The molecule has 0 unspecified atom stereocenters. The molecule has 0 aromatic carbocycles. The van der Waals surface area contributed by atoms with Crippen LogP contribution in [-0.2, 0) is 31.4 Å². The number of hydrogen-bond donors (Lipinski definition) is 0. The Kier molecular flexibility index (Phi) is 12.2. The average Bonchev–Trinajstić information content (AvgIpc) is 3.10. The van der Waals surface area contributed by atoms with E-state index in [4.69, 9.17) is 4.74 Å². The molecule has 0 spiro atoms. The van der Waals surface area contributed by atoms with Gasteiger partial charge in [0, 0.05) is 12.3 Å². The zero-order chi connectivity index (χ0) is 13.9. The van der Waals surface area contributed by atoms with Crippen molar-refractivity contribution >= 4 is 11.8 Å². The summed E-state index contributed by atoms with van der Waals surface area (Å²) >= 11 is 0. The van der Waals surface area contributed by atoms with E-state index in [9.17, 15) is 9.59 Å². The zero-order valence-corrected chi connectivity index (χ0v) is 12.5. The molecule has 4 heteroatoms. The number of ether oxygens (including phenoxy) is 1. The third-order valence-corrected chi connectivity index (χ3v) is 2.40. The van der Waals surface area contributed by atoms with Gasteiger partial charge in [-0.15, -0.1) is 0 Å². The summed E-state index contributed by atoms with van der Waals surface area (Å²) in [6, 6.07) is 0. The fourth-order valence-electron chi connectivity index (χ4n) is 1.47. The van der Waals surface area contributed by atoms with Gasteiger partial charge in [-0.3, -0.25) is 9.59 Å². The second-order valence-electron chi connectivity index (χ2n) is 3.86. The molecule has 2 saturated carbocycles. The molecule has 0 aromatic rings. The number of carbonyl (C=O) groups is 2. The van der Waals surface area contributed by atoms with Gasteiger partial charge in [0.1, 0.15) is 5.78 Å². The first-order chi connectivity index (χ1) is 9.24. The fraction of sp³-hybridized carbons (Fsp3) is 0.250. The van der Waals surface area contributed by atoms with Crippen molar-refractivity contribution in [3.05, 3.63) is 63.7 Å². The van der Waals surface area contributed by atoms with Crippen LogP contribution in [0.15, 0.2) is 0 Å². The summed E-state index contributed by atoms with van der Waals surface area (Å²) in [5.74, 6) is 0.338. The van der Waals surface area contributed by atoms with Gasteiger partial charge in [-0.1, -0.05) is 0 Å². The molecule has 0 amide bonds. The topological polar surface area (TPSA) is 43.4 Å². The van der Waals surface area contributed by atoms with Crippen molar-refractivity contribution in [3.63, 3.8) is 0 Å². The average molecular weight is 314 g/mol. The van der Waals surface area contributed by atoms with Gasteiger partial charge in [0.05, 0.1) is 13.0 Å². The van der Waals surface area contributed by atoms with Crippen molar-refractivity contribution in [1.29, 1.82) is 0 Å². The molecule has 0 saturated heterocycles. The molecule has 3 nitrogen and oxygen atoms in total. The number of rotatable bonds is 5. The number of Topliss-reactive ketones (excluding diaryl/α,β-unsaturated/α-hetero) is 1. The van der Waals surface area contributed by atoms with Gasteiger partial charge in [0.2, 0.25) is 0 Å². The molecule has 2 aliphatic rings. The summed E-state index contributed by atoms with van der Waals surface area (Å²) in [5, 5.41) is 0. The van der Waals surface area contributed by atoms with E-state index in [1.165, 1.54) is 0 Å². The van der Waals surface area contributed by atoms with Crippen molar-refractivity contribution in [2.45, 2.75) is 19.8 Å². The van der Waals surface area contributed by atoms with Gasteiger partial charge in [-0.2, -0.15) is 0 Å². The molecule has 106 valence electrons. The van der Waals surface area contributed by atoms with Crippen LogP contribution in [0.4, 0.5) is 0 Å². The maximum Gasteiger partial charge on any atom is 2.00 e. The molecule has 0 heterocycles. The van der Waals surface area contributed by atoms with Crippen LogP contribution in [0.3, 0.4) is 0 Å². The Morgan fingerprint density at radius 2 is 1.40 bits per heavy atom. The van der Waals surface area contributed by atoms with Gasteiger partial charge < -0.3 is 4.74 Å². The van der Waals surface area contributed by atoms with Gasteiger partial charge in [0.15, 0.2) is 0 Å². The van der Waals surface area contributed by atoms with Crippen molar-refractivity contribution in [2.24, 2.45) is 0 Å².